The van der Waals surface area contributed by atoms with Gasteiger partial charge in [-0.05, 0) is 34.5 Å². The molecule has 0 aromatic carbocycles. The number of aliphatic hydroxyl groups excluding tert-OH is 1. The van der Waals surface area contributed by atoms with Gasteiger partial charge < -0.3 is 10.0 Å². The van der Waals surface area contributed by atoms with Gasteiger partial charge in [-0.25, -0.2) is 4.98 Å². The maximum absolute atomic E-state index is 11.9. The molecule has 2 rings (SSSR count). The van der Waals surface area contributed by atoms with E-state index in [4.69, 9.17) is 0 Å². The van der Waals surface area contributed by atoms with Crippen LogP contribution in [-0.2, 0) is 0 Å². The fourth-order valence-corrected chi connectivity index (χ4v) is 1.85. The molecule has 5 heteroatoms. The molecule has 1 fully saturated rings. The van der Waals surface area contributed by atoms with Gasteiger partial charge in [0.2, 0.25) is 0 Å². The molecule has 1 saturated heterocycles. The Bertz CT molecular complexity index is 366. The van der Waals surface area contributed by atoms with Gasteiger partial charge in [-0.1, -0.05) is 0 Å². The van der Waals surface area contributed by atoms with Gasteiger partial charge in [0.1, 0.15) is 4.60 Å². The van der Waals surface area contributed by atoms with Crippen molar-refractivity contribution < 1.29 is 9.90 Å². The van der Waals surface area contributed by atoms with Gasteiger partial charge in [-0.15, -0.1) is 0 Å². The minimum atomic E-state index is -0.377. The molecule has 0 bridgehead atoms. The summed E-state index contributed by atoms with van der Waals surface area (Å²) in [7, 11) is 0. The normalized spacial score (nSPS) is 20.7. The van der Waals surface area contributed by atoms with Crippen molar-refractivity contribution in [2.75, 3.05) is 13.1 Å². The Balaban J connectivity index is 2.11. The minimum absolute atomic E-state index is 0.0634. The summed E-state index contributed by atoms with van der Waals surface area (Å²) < 4.78 is 0.709. The maximum Gasteiger partial charge on any atom is 0.255 e. The number of aliphatic hydroxyl groups is 1. The summed E-state index contributed by atoms with van der Waals surface area (Å²) in [5.41, 5.74) is 0.562. The Kier molecular flexibility index (Phi) is 3.02. The fourth-order valence-electron chi connectivity index (χ4n) is 1.61. The SMILES string of the molecule is O=C(c1ccc(Br)nc1)N1CC[C@H](O)C1. The Hall–Kier alpha value is -0.940. The molecule has 0 spiro atoms. The number of carbonyl (C=O) groups is 1. The van der Waals surface area contributed by atoms with Gasteiger partial charge in [0.25, 0.3) is 5.91 Å². The molecule has 1 atom stereocenters. The predicted molar refractivity (Wildman–Crippen MR) is 58.5 cm³/mol. The molecule has 1 aliphatic heterocycles. The van der Waals surface area contributed by atoms with Gasteiger partial charge >= 0.3 is 0 Å². The number of aromatic nitrogens is 1. The molecule has 15 heavy (non-hydrogen) atoms. The summed E-state index contributed by atoms with van der Waals surface area (Å²) in [5.74, 6) is -0.0634. The van der Waals surface area contributed by atoms with Crippen LogP contribution in [0.1, 0.15) is 16.8 Å². The first-order valence-corrected chi connectivity index (χ1v) is 5.55. The molecule has 0 radical (unpaired) electrons. The number of halogens is 1. The molecule has 2 heterocycles. The van der Waals surface area contributed by atoms with Crippen LogP contribution in [0.3, 0.4) is 0 Å². The molecule has 0 aliphatic carbocycles. The number of rotatable bonds is 1. The molecule has 1 aromatic heterocycles. The van der Waals surface area contributed by atoms with Crippen LogP contribution in [0.25, 0.3) is 0 Å². The smallest absolute Gasteiger partial charge is 0.255 e. The highest BCUT2D eigenvalue weighted by Gasteiger charge is 2.25. The summed E-state index contributed by atoms with van der Waals surface area (Å²) >= 11 is 3.21. The van der Waals surface area contributed by atoms with Gasteiger partial charge in [0.05, 0.1) is 11.7 Å². The fraction of sp³-hybridized carbons (Fsp3) is 0.400. The minimum Gasteiger partial charge on any atom is -0.391 e. The molecular formula is C10H11BrN2O2. The zero-order valence-electron chi connectivity index (χ0n) is 8.06. The van der Waals surface area contributed by atoms with Crippen molar-refractivity contribution in [1.29, 1.82) is 0 Å². The second-order valence-electron chi connectivity index (χ2n) is 3.56. The number of pyridine rings is 1. The van der Waals surface area contributed by atoms with Crippen LogP contribution in [0.15, 0.2) is 22.9 Å². The third kappa shape index (κ3) is 2.35. The number of likely N-dealkylation sites (tertiary alicyclic amines) is 1. The second kappa shape index (κ2) is 4.28. The molecular weight excluding hydrogens is 260 g/mol. The molecule has 1 aromatic rings. The Morgan fingerprint density at radius 1 is 1.60 bits per heavy atom. The Morgan fingerprint density at radius 2 is 2.40 bits per heavy atom. The number of nitrogens with zero attached hydrogens (tertiary/aromatic N) is 2. The topological polar surface area (TPSA) is 53.4 Å². The number of hydrogen-bond donors (Lipinski definition) is 1. The van der Waals surface area contributed by atoms with Gasteiger partial charge in [-0.2, -0.15) is 0 Å². The van der Waals surface area contributed by atoms with Crippen LogP contribution in [0.2, 0.25) is 0 Å². The molecule has 4 nitrogen and oxygen atoms in total. The van der Waals surface area contributed by atoms with E-state index in [9.17, 15) is 9.90 Å². The van der Waals surface area contributed by atoms with Crippen molar-refractivity contribution in [2.45, 2.75) is 12.5 Å². The van der Waals surface area contributed by atoms with Gasteiger partial charge in [-0.3, -0.25) is 4.79 Å². The van der Waals surface area contributed by atoms with E-state index in [0.717, 1.165) is 0 Å². The van der Waals surface area contributed by atoms with E-state index in [1.54, 1.807) is 17.0 Å². The van der Waals surface area contributed by atoms with E-state index in [1.807, 2.05) is 0 Å². The average molecular weight is 271 g/mol. The van der Waals surface area contributed by atoms with Crippen molar-refractivity contribution in [3.63, 3.8) is 0 Å². The highest BCUT2D eigenvalue weighted by molar-refractivity contribution is 9.10. The van der Waals surface area contributed by atoms with Crippen molar-refractivity contribution >= 4 is 21.8 Å². The molecule has 1 aliphatic rings. The largest absolute Gasteiger partial charge is 0.391 e. The molecule has 0 saturated carbocycles. The Morgan fingerprint density at radius 3 is 2.93 bits per heavy atom. The van der Waals surface area contributed by atoms with Crippen LogP contribution in [0.4, 0.5) is 0 Å². The predicted octanol–water partition coefficient (Wildman–Crippen LogP) is 1.05. The van der Waals surface area contributed by atoms with E-state index in [-0.39, 0.29) is 12.0 Å². The quantitative estimate of drug-likeness (QED) is 0.777. The van der Waals surface area contributed by atoms with Crippen LogP contribution < -0.4 is 0 Å². The first kappa shape index (κ1) is 10.6. The third-order valence-corrected chi connectivity index (χ3v) is 2.89. The van der Waals surface area contributed by atoms with Crippen LogP contribution >= 0.6 is 15.9 Å². The summed E-state index contributed by atoms with van der Waals surface area (Å²) in [4.78, 5) is 17.5. The zero-order chi connectivity index (χ0) is 10.8. The highest BCUT2D eigenvalue weighted by Crippen LogP contribution is 2.14. The van der Waals surface area contributed by atoms with Crippen LogP contribution in [0, 0.1) is 0 Å². The summed E-state index contributed by atoms with van der Waals surface area (Å²) in [6.45, 7) is 1.05. The van der Waals surface area contributed by atoms with Crippen molar-refractivity contribution in [2.24, 2.45) is 0 Å². The standard InChI is InChI=1S/C10H11BrN2O2/c11-9-2-1-7(5-12-9)10(15)13-4-3-8(14)6-13/h1-2,5,8,14H,3-4,6H2/t8-/m0/s1. The lowest BCUT2D eigenvalue weighted by Gasteiger charge is -2.14. The molecule has 1 amide bonds. The summed E-state index contributed by atoms with van der Waals surface area (Å²) in [5, 5.41) is 9.32. The molecule has 1 N–H and O–H groups in total. The summed E-state index contributed by atoms with van der Waals surface area (Å²) in [6.07, 6.45) is 1.82. The number of hydrogen-bond acceptors (Lipinski definition) is 3. The van der Waals surface area contributed by atoms with E-state index in [1.165, 1.54) is 6.20 Å². The lowest BCUT2D eigenvalue weighted by Crippen LogP contribution is -2.29. The van der Waals surface area contributed by atoms with Crippen molar-refractivity contribution in [3.05, 3.63) is 28.5 Å². The number of amides is 1. The van der Waals surface area contributed by atoms with Crippen LogP contribution in [-0.4, -0.2) is 40.1 Å². The van der Waals surface area contributed by atoms with E-state index in [2.05, 4.69) is 20.9 Å². The maximum atomic E-state index is 11.9. The third-order valence-electron chi connectivity index (χ3n) is 2.42. The summed E-state index contributed by atoms with van der Waals surface area (Å²) in [6, 6.07) is 3.46. The van der Waals surface area contributed by atoms with Gasteiger partial charge in [0.15, 0.2) is 0 Å². The van der Waals surface area contributed by atoms with Gasteiger partial charge in [0, 0.05) is 19.3 Å². The highest BCUT2D eigenvalue weighted by atomic mass is 79.9. The Labute approximate surface area is 96.1 Å². The van der Waals surface area contributed by atoms with E-state index >= 15 is 0 Å². The monoisotopic (exact) mass is 270 g/mol. The first-order valence-electron chi connectivity index (χ1n) is 4.76. The van der Waals surface area contributed by atoms with Crippen molar-refractivity contribution in [1.82, 2.24) is 9.88 Å². The van der Waals surface area contributed by atoms with E-state index in [0.29, 0.717) is 29.7 Å². The lowest BCUT2D eigenvalue weighted by molar-refractivity contribution is 0.0764. The second-order valence-corrected chi connectivity index (χ2v) is 4.38. The van der Waals surface area contributed by atoms with Crippen molar-refractivity contribution in [3.8, 4) is 0 Å². The number of carbonyl (C=O) groups excluding carboxylic acids is 1. The van der Waals surface area contributed by atoms with Crippen LogP contribution in [0.5, 0.6) is 0 Å². The molecule has 80 valence electrons. The zero-order valence-corrected chi connectivity index (χ0v) is 9.64. The lowest BCUT2D eigenvalue weighted by atomic mass is 10.2. The number of β-amino-alcohol motifs (C(OH)–C–C–N with tert-alkyl or cyclic N) is 1. The molecule has 0 unspecified atom stereocenters. The first-order chi connectivity index (χ1) is 7.16. The van der Waals surface area contributed by atoms with E-state index < -0.39 is 0 Å². The average Bonchev–Trinajstić information content (AvgIpc) is 2.65.